The number of rotatable bonds is 2. The quantitative estimate of drug-likeness (QED) is 0.819. The summed E-state index contributed by atoms with van der Waals surface area (Å²) in [5, 5.41) is 0. The number of hydrogen-bond donors (Lipinski definition) is 0. The number of benzene rings is 1. The second kappa shape index (κ2) is 4.30. The number of nitrogens with zero attached hydrogens (tertiary/aromatic N) is 1. The van der Waals surface area contributed by atoms with Crippen molar-refractivity contribution in [3.05, 3.63) is 48.2 Å². The molecule has 0 spiro atoms. The van der Waals surface area contributed by atoms with Crippen LogP contribution in [0.1, 0.15) is 5.56 Å². The highest BCUT2D eigenvalue weighted by Crippen LogP contribution is 2.25. The Balaban J connectivity index is 2.69. The summed E-state index contributed by atoms with van der Waals surface area (Å²) in [4.78, 5) is 4.54. The van der Waals surface area contributed by atoms with Crippen molar-refractivity contribution in [2.24, 2.45) is 0 Å². The van der Waals surface area contributed by atoms with E-state index in [1.54, 1.807) is 24.4 Å². The van der Waals surface area contributed by atoms with E-state index in [2.05, 4.69) is 4.98 Å². The van der Waals surface area contributed by atoms with Crippen LogP contribution in [0, 0.1) is 6.92 Å². The minimum Gasteiger partial charge on any atom is -0.256 e. The Morgan fingerprint density at radius 1 is 1.12 bits per heavy atom. The molecule has 0 aliphatic heterocycles. The summed E-state index contributed by atoms with van der Waals surface area (Å²) in [6, 6.07) is 10.7. The van der Waals surface area contributed by atoms with E-state index in [4.69, 9.17) is 0 Å². The van der Waals surface area contributed by atoms with Gasteiger partial charge in [0.15, 0.2) is 9.84 Å². The van der Waals surface area contributed by atoms with E-state index in [0.29, 0.717) is 16.2 Å². The minimum atomic E-state index is -3.23. The maximum absolute atomic E-state index is 11.7. The van der Waals surface area contributed by atoms with Crippen LogP contribution in [0.2, 0.25) is 0 Å². The Labute approximate surface area is 101 Å². The largest absolute Gasteiger partial charge is 0.256 e. The molecule has 1 heterocycles. The molecule has 88 valence electrons. The number of pyridine rings is 1. The van der Waals surface area contributed by atoms with Crippen LogP contribution in [-0.2, 0) is 9.84 Å². The zero-order valence-corrected chi connectivity index (χ0v) is 10.5. The van der Waals surface area contributed by atoms with E-state index < -0.39 is 9.84 Å². The Kier molecular flexibility index (Phi) is 2.98. The van der Waals surface area contributed by atoms with Crippen LogP contribution in [0.25, 0.3) is 11.3 Å². The number of hydrogen-bond acceptors (Lipinski definition) is 3. The summed E-state index contributed by atoms with van der Waals surface area (Å²) < 4.78 is 23.4. The second-order valence-corrected chi connectivity index (χ2v) is 5.97. The lowest BCUT2D eigenvalue weighted by Gasteiger charge is -2.07. The molecule has 0 atom stereocenters. The first-order valence-electron chi connectivity index (χ1n) is 5.20. The average Bonchev–Trinajstić information content (AvgIpc) is 2.28. The summed E-state index contributed by atoms with van der Waals surface area (Å²) in [5.74, 6) is 0. The lowest BCUT2D eigenvalue weighted by atomic mass is 10.1. The number of aryl methyl sites for hydroxylation is 1. The van der Waals surface area contributed by atoms with Crippen molar-refractivity contribution in [3.8, 4) is 11.3 Å². The highest BCUT2D eigenvalue weighted by molar-refractivity contribution is 7.90. The predicted molar refractivity (Wildman–Crippen MR) is 67.5 cm³/mol. The van der Waals surface area contributed by atoms with Crippen molar-refractivity contribution in [2.45, 2.75) is 11.8 Å². The average molecular weight is 247 g/mol. The molecule has 1 aromatic carbocycles. The Morgan fingerprint density at radius 3 is 2.47 bits per heavy atom. The smallest absolute Gasteiger partial charge is 0.176 e. The van der Waals surface area contributed by atoms with Crippen molar-refractivity contribution in [2.75, 3.05) is 6.26 Å². The van der Waals surface area contributed by atoms with Crippen LogP contribution < -0.4 is 0 Å². The number of aromatic nitrogens is 1. The highest BCUT2D eigenvalue weighted by atomic mass is 32.2. The van der Waals surface area contributed by atoms with Crippen molar-refractivity contribution >= 4 is 9.84 Å². The fraction of sp³-hybridized carbons (Fsp3) is 0.154. The van der Waals surface area contributed by atoms with Gasteiger partial charge < -0.3 is 0 Å². The van der Waals surface area contributed by atoms with Crippen molar-refractivity contribution in [3.63, 3.8) is 0 Å². The van der Waals surface area contributed by atoms with Crippen LogP contribution in [0.3, 0.4) is 0 Å². The molecule has 0 saturated heterocycles. The SMILES string of the molecule is Cc1ccnc(-c2ccccc2S(C)(=O)=O)c1. The van der Waals surface area contributed by atoms with E-state index in [-0.39, 0.29) is 0 Å². The van der Waals surface area contributed by atoms with Gasteiger partial charge in [-0.15, -0.1) is 0 Å². The van der Waals surface area contributed by atoms with E-state index in [1.807, 2.05) is 25.1 Å². The van der Waals surface area contributed by atoms with Gasteiger partial charge in [0.05, 0.1) is 10.6 Å². The summed E-state index contributed by atoms with van der Waals surface area (Å²) in [6.45, 7) is 1.95. The molecule has 0 saturated carbocycles. The van der Waals surface area contributed by atoms with Gasteiger partial charge in [-0.25, -0.2) is 8.42 Å². The molecule has 0 bridgehead atoms. The molecule has 3 nitrogen and oxygen atoms in total. The molecule has 0 radical (unpaired) electrons. The third kappa shape index (κ3) is 2.53. The topological polar surface area (TPSA) is 47.0 Å². The van der Waals surface area contributed by atoms with Crippen LogP contribution in [0.4, 0.5) is 0 Å². The zero-order valence-electron chi connectivity index (χ0n) is 9.71. The summed E-state index contributed by atoms with van der Waals surface area (Å²) in [6.07, 6.45) is 2.89. The summed E-state index contributed by atoms with van der Waals surface area (Å²) in [7, 11) is -3.23. The van der Waals surface area contributed by atoms with E-state index in [0.717, 1.165) is 5.56 Å². The van der Waals surface area contributed by atoms with Crippen LogP contribution >= 0.6 is 0 Å². The van der Waals surface area contributed by atoms with Gasteiger partial charge in [-0.1, -0.05) is 18.2 Å². The predicted octanol–water partition coefficient (Wildman–Crippen LogP) is 2.46. The third-order valence-electron chi connectivity index (χ3n) is 2.48. The fourth-order valence-electron chi connectivity index (χ4n) is 1.69. The molecule has 0 amide bonds. The molecule has 2 rings (SSSR count). The minimum absolute atomic E-state index is 0.318. The molecule has 1 aromatic heterocycles. The van der Waals surface area contributed by atoms with Gasteiger partial charge in [0.1, 0.15) is 0 Å². The number of sulfone groups is 1. The molecule has 17 heavy (non-hydrogen) atoms. The van der Waals surface area contributed by atoms with Crippen molar-refractivity contribution < 1.29 is 8.42 Å². The van der Waals surface area contributed by atoms with Gasteiger partial charge in [0.25, 0.3) is 0 Å². The molecule has 0 fully saturated rings. The van der Waals surface area contributed by atoms with Gasteiger partial charge in [0, 0.05) is 18.0 Å². The first-order chi connectivity index (χ1) is 7.98. The first kappa shape index (κ1) is 11.8. The zero-order chi connectivity index (χ0) is 12.5. The molecular formula is C13H13NO2S. The van der Waals surface area contributed by atoms with Gasteiger partial charge in [0.2, 0.25) is 0 Å². The molecule has 0 aliphatic carbocycles. The fourth-order valence-corrected chi connectivity index (χ4v) is 2.58. The van der Waals surface area contributed by atoms with E-state index >= 15 is 0 Å². The molecular weight excluding hydrogens is 234 g/mol. The Morgan fingerprint density at radius 2 is 1.82 bits per heavy atom. The molecule has 0 N–H and O–H groups in total. The van der Waals surface area contributed by atoms with Crippen molar-refractivity contribution in [1.82, 2.24) is 4.98 Å². The van der Waals surface area contributed by atoms with Gasteiger partial charge in [-0.2, -0.15) is 0 Å². The second-order valence-electron chi connectivity index (χ2n) is 3.99. The lowest BCUT2D eigenvalue weighted by Crippen LogP contribution is -2.00. The van der Waals surface area contributed by atoms with E-state index in [9.17, 15) is 8.42 Å². The molecule has 2 aromatic rings. The van der Waals surface area contributed by atoms with Gasteiger partial charge in [-0.05, 0) is 30.7 Å². The van der Waals surface area contributed by atoms with Gasteiger partial charge >= 0.3 is 0 Å². The Bertz CT molecular complexity index is 648. The van der Waals surface area contributed by atoms with Crippen LogP contribution in [0.15, 0.2) is 47.5 Å². The van der Waals surface area contributed by atoms with Crippen LogP contribution in [-0.4, -0.2) is 19.7 Å². The lowest BCUT2D eigenvalue weighted by molar-refractivity contribution is 0.602. The monoisotopic (exact) mass is 247 g/mol. The third-order valence-corrected chi connectivity index (χ3v) is 3.63. The summed E-state index contributed by atoms with van der Waals surface area (Å²) in [5.41, 5.74) is 2.39. The highest BCUT2D eigenvalue weighted by Gasteiger charge is 2.14. The maximum atomic E-state index is 11.7. The summed E-state index contributed by atoms with van der Waals surface area (Å²) >= 11 is 0. The van der Waals surface area contributed by atoms with E-state index in [1.165, 1.54) is 6.26 Å². The molecule has 4 heteroatoms. The molecule has 0 unspecified atom stereocenters. The van der Waals surface area contributed by atoms with Crippen molar-refractivity contribution in [1.29, 1.82) is 0 Å². The Hall–Kier alpha value is -1.68. The van der Waals surface area contributed by atoms with Crippen LogP contribution in [0.5, 0.6) is 0 Å². The van der Waals surface area contributed by atoms with Gasteiger partial charge in [-0.3, -0.25) is 4.98 Å². The first-order valence-corrected chi connectivity index (χ1v) is 7.10. The standard InChI is InChI=1S/C13H13NO2S/c1-10-7-8-14-12(9-10)11-5-3-4-6-13(11)17(2,15)16/h3-9H,1-2H3. The molecule has 0 aliphatic rings. The normalized spacial score (nSPS) is 11.4. The maximum Gasteiger partial charge on any atom is 0.176 e.